The molecule has 1 aliphatic heterocycles. The Bertz CT molecular complexity index is 588. The molecule has 0 bridgehead atoms. The number of nitrogens with zero attached hydrogens (tertiary/aromatic N) is 1. The zero-order valence-electron chi connectivity index (χ0n) is 14.6. The summed E-state index contributed by atoms with van der Waals surface area (Å²) in [6.07, 6.45) is -3.60. The fourth-order valence-electron chi connectivity index (χ4n) is 2.35. The van der Waals surface area contributed by atoms with Crippen LogP contribution in [0.2, 0.25) is 0 Å². The molecule has 1 aromatic carbocycles. The number of aliphatic hydroxyl groups is 1. The summed E-state index contributed by atoms with van der Waals surface area (Å²) in [5, 5.41) is 16.6. The van der Waals surface area contributed by atoms with Crippen LogP contribution in [0, 0.1) is 0 Å². The minimum atomic E-state index is -4.35. The predicted octanol–water partition coefficient (Wildman–Crippen LogP) is 2.55. The number of rotatable bonds is 7. The average molecular weight is 391 g/mol. The number of guanidine groups is 1. The lowest BCUT2D eigenvalue weighted by Crippen LogP contribution is -2.47. The van der Waals surface area contributed by atoms with Gasteiger partial charge in [-0.1, -0.05) is 12.1 Å². The van der Waals surface area contributed by atoms with E-state index in [0.29, 0.717) is 31.3 Å². The van der Waals surface area contributed by atoms with E-state index in [1.54, 1.807) is 23.9 Å². The Morgan fingerprint density at radius 2 is 2.04 bits per heavy atom. The molecule has 0 amide bonds. The van der Waals surface area contributed by atoms with Crippen molar-refractivity contribution in [2.24, 2.45) is 4.99 Å². The number of ether oxygens (including phenoxy) is 1. The van der Waals surface area contributed by atoms with Crippen molar-refractivity contribution in [3.63, 3.8) is 0 Å². The molecule has 1 atom stereocenters. The van der Waals surface area contributed by atoms with E-state index in [1.807, 2.05) is 6.92 Å². The molecule has 1 aromatic rings. The molecule has 1 heterocycles. The highest BCUT2D eigenvalue weighted by atomic mass is 32.2. The second kappa shape index (κ2) is 9.36. The van der Waals surface area contributed by atoms with Crippen molar-refractivity contribution < 1.29 is 23.0 Å². The molecule has 9 heteroatoms. The van der Waals surface area contributed by atoms with E-state index in [1.165, 1.54) is 12.1 Å². The molecule has 5 nitrogen and oxygen atoms in total. The van der Waals surface area contributed by atoms with Crippen molar-refractivity contribution in [2.75, 3.05) is 31.2 Å². The summed E-state index contributed by atoms with van der Waals surface area (Å²) in [5.41, 5.74) is 0.134. The molecule has 1 saturated heterocycles. The van der Waals surface area contributed by atoms with Crippen molar-refractivity contribution >= 4 is 17.7 Å². The molecule has 0 spiro atoms. The van der Waals surface area contributed by atoms with E-state index in [0.717, 1.165) is 17.7 Å². The van der Waals surface area contributed by atoms with Crippen molar-refractivity contribution in [1.29, 1.82) is 0 Å². The van der Waals surface area contributed by atoms with Gasteiger partial charge in [-0.2, -0.15) is 24.9 Å². The largest absolute Gasteiger partial charge is 0.484 e. The summed E-state index contributed by atoms with van der Waals surface area (Å²) in [7, 11) is 0. The second-order valence-corrected chi connectivity index (χ2v) is 7.23. The number of hydrogen-bond acceptors (Lipinski definition) is 4. The summed E-state index contributed by atoms with van der Waals surface area (Å²) in [5.74, 6) is 2.42. The molecule has 26 heavy (non-hydrogen) atoms. The summed E-state index contributed by atoms with van der Waals surface area (Å²) >= 11 is 1.73. The molecule has 0 radical (unpaired) electrons. The molecule has 146 valence electrons. The molecule has 0 aromatic heterocycles. The van der Waals surface area contributed by atoms with Crippen LogP contribution in [-0.2, 0) is 6.54 Å². The van der Waals surface area contributed by atoms with Crippen molar-refractivity contribution in [1.82, 2.24) is 10.6 Å². The van der Waals surface area contributed by atoms with Crippen LogP contribution in [0.1, 0.15) is 18.9 Å². The number of benzene rings is 1. The second-order valence-electron chi connectivity index (χ2n) is 6.12. The molecule has 1 fully saturated rings. The molecule has 2 rings (SSSR count). The van der Waals surface area contributed by atoms with Gasteiger partial charge in [0.2, 0.25) is 0 Å². The topological polar surface area (TPSA) is 65.9 Å². The molecular weight excluding hydrogens is 367 g/mol. The third-order valence-electron chi connectivity index (χ3n) is 3.76. The third-order valence-corrected chi connectivity index (χ3v) is 4.99. The zero-order valence-corrected chi connectivity index (χ0v) is 15.4. The first-order valence-corrected chi connectivity index (χ1v) is 9.56. The maximum atomic E-state index is 12.1. The first-order valence-electron chi connectivity index (χ1n) is 8.40. The van der Waals surface area contributed by atoms with E-state index in [9.17, 15) is 18.3 Å². The minimum absolute atomic E-state index is 0.168. The number of alkyl halides is 3. The van der Waals surface area contributed by atoms with Crippen LogP contribution in [0.3, 0.4) is 0 Å². The van der Waals surface area contributed by atoms with Crippen LogP contribution < -0.4 is 15.4 Å². The van der Waals surface area contributed by atoms with E-state index in [4.69, 9.17) is 0 Å². The number of halogens is 3. The van der Waals surface area contributed by atoms with Crippen LogP contribution in [0.15, 0.2) is 29.3 Å². The summed E-state index contributed by atoms with van der Waals surface area (Å²) in [6, 6.07) is 6.35. The SMILES string of the molecule is CCNC(=NCc1ccc(OCC(F)(F)F)cc1)NCC1(O)CCSC1. The Morgan fingerprint density at radius 3 is 2.62 bits per heavy atom. The van der Waals surface area contributed by atoms with Crippen LogP contribution >= 0.6 is 11.8 Å². The lowest BCUT2D eigenvalue weighted by Gasteiger charge is -2.23. The molecule has 0 saturated carbocycles. The first kappa shape index (κ1) is 20.7. The Morgan fingerprint density at radius 1 is 1.31 bits per heavy atom. The van der Waals surface area contributed by atoms with E-state index >= 15 is 0 Å². The van der Waals surface area contributed by atoms with E-state index < -0.39 is 18.4 Å². The fourth-order valence-corrected chi connectivity index (χ4v) is 3.65. The van der Waals surface area contributed by atoms with E-state index in [2.05, 4.69) is 20.4 Å². The smallest absolute Gasteiger partial charge is 0.422 e. The Balaban J connectivity index is 1.87. The van der Waals surface area contributed by atoms with Gasteiger partial charge in [0.05, 0.1) is 12.1 Å². The number of hydrogen-bond donors (Lipinski definition) is 3. The van der Waals surface area contributed by atoms with Gasteiger partial charge >= 0.3 is 6.18 Å². The molecule has 1 aliphatic rings. The van der Waals surface area contributed by atoms with Gasteiger partial charge in [-0.15, -0.1) is 0 Å². The Hall–Kier alpha value is -1.61. The van der Waals surface area contributed by atoms with Gasteiger partial charge in [0.1, 0.15) is 5.75 Å². The quantitative estimate of drug-likeness (QED) is 0.493. The zero-order chi connectivity index (χ0) is 19.0. The lowest BCUT2D eigenvalue weighted by atomic mass is 10.0. The molecule has 3 N–H and O–H groups in total. The maximum absolute atomic E-state index is 12.1. The molecule has 0 aliphatic carbocycles. The van der Waals surface area contributed by atoms with Gasteiger partial charge in [0.15, 0.2) is 12.6 Å². The van der Waals surface area contributed by atoms with Crippen molar-refractivity contribution in [3.05, 3.63) is 29.8 Å². The van der Waals surface area contributed by atoms with Gasteiger partial charge < -0.3 is 20.5 Å². The third kappa shape index (κ3) is 7.33. The highest BCUT2D eigenvalue weighted by Gasteiger charge is 2.31. The van der Waals surface area contributed by atoms with Crippen LogP contribution in [0.25, 0.3) is 0 Å². The van der Waals surface area contributed by atoms with Gasteiger partial charge in [0, 0.05) is 18.8 Å². The van der Waals surface area contributed by atoms with E-state index in [-0.39, 0.29) is 5.75 Å². The predicted molar refractivity (Wildman–Crippen MR) is 97.7 cm³/mol. The van der Waals surface area contributed by atoms with Crippen LogP contribution in [0.4, 0.5) is 13.2 Å². The van der Waals surface area contributed by atoms with Crippen LogP contribution in [-0.4, -0.2) is 54.0 Å². The van der Waals surface area contributed by atoms with Gasteiger partial charge in [-0.3, -0.25) is 0 Å². The number of nitrogens with one attached hydrogen (secondary N) is 2. The van der Waals surface area contributed by atoms with Crippen molar-refractivity contribution in [2.45, 2.75) is 31.7 Å². The number of thioether (sulfide) groups is 1. The lowest BCUT2D eigenvalue weighted by molar-refractivity contribution is -0.153. The summed E-state index contributed by atoms with van der Waals surface area (Å²) in [4.78, 5) is 4.45. The fraction of sp³-hybridized carbons (Fsp3) is 0.588. The summed E-state index contributed by atoms with van der Waals surface area (Å²) in [6.45, 7) is 2.12. The Labute approximate surface area is 155 Å². The maximum Gasteiger partial charge on any atom is 0.422 e. The van der Waals surface area contributed by atoms with Gasteiger partial charge in [-0.25, -0.2) is 4.99 Å². The molecule has 1 unspecified atom stereocenters. The average Bonchev–Trinajstić information content (AvgIpc) is 3.03. The van der Waals surface area contributed by atoms with Crippen LogP contribution in [0.5, 0.6) is 5.75 Å². The van der Waals surface area contributed by atoms with Gasteiger partial charge in [0.25, 0.3) is 0 Å². The first-order chi connectivity index (χ1) is 12.3. The highest BCUT2D eigenvalue weighted by molar-refractivity contribution is 7.99. The summed E-state index contributed by atoms with van der Waals surface area (Å²) < 4.78 is 41.1. The van der Waals surface area contributed by atoms with Gasteiger partial charge in [-0.05, 0) is 36.8 Å². The normalized spacial score (nSPS) is 20.9. The monoisotopic (exact) mass is 391 g/mol. The molecular formula is C17H24F3N3O2S. The van der Waals surface area contributed by atoms with Crippen molar-refractivity contribution in [3.8, 4) is 5.75 Å². The number of aliphatic imine (C=N–C) groups is 1. The minimum Gasteiger partial charge on any atom is -0.484 e. The Kier molecular flexibility index (Phi) is 7.45. The standard InChI is InChI=1S/C17H24F3N3O2S/c1-2-21-15(23-10-16(24)7-8-26-12-16)22-9-13-3-5-14(6-4-13)25-11-17(18,19)20/h3-6,24H,2,7-12H2,1H3,(H2,21,22,23). The highest BCUT2D eigenvalue weighted by Crippen LogP contribution is 2.26.